The second-order valence-electron chi connectivity index (χ2n) is 7.96. The molecule has 2 heterocycles. The normalized spacial score (nSPS) is 14.7. The van der Waals surface area contributed by atoms with Gasteiger partial charge in [0, 0.05) is 22.4 Å². The number of halogens is 1. The summed E-state index contributed by atoms with van der Waals surface area (Å²) in [6, 6.07) is 19.4. The number of hydrogen-bond acceptors (Lipinski definition) is 5. The van der Waals surface area contributed by atoms with Crippen LogP contribution in [0.1, 0.15) is 44.9 Å². The first-order chi connectivity index (χ1) is 17.0. The van der Waals surface area contributed by atoms with Crippen LogP contribution in [0.3, 0.4) is 0 Å². The minimum Gasteiger partial charge on any atom is -0.497 e. The lowest BCUT2D eigenvalue weighted by Gasteiger charge is -2.27. The van der Waals surface area contributed by atoms with Crippen LogP contribution in [-0.2, 0) is 4.74 Å². The van der Waals surface area contributed by atoms with Crippen molar-refractivity contribution < 1.29 is 23.5 Å². The van der Waals surface area contributed by atoms with Gasteiger partial charge in [-0.15, -0.1) is 0 Å². The van der Waals surface area contributed by atoms with Crippen LogP contribution in [0.15, 0.2) is 72.8 Å². The van der Waals surface area contributed by atoms with E-state index in [-0.39, 0.29) is 12.5 Å². The molecule has 8 heteroatoms. The number of esters is 1. The molecule has 5 rings (SSSR count). The third-order valence-electron chi connectivity index (χ3n) is 5.99. The Labute approximate surface area is 201 Å². The molecule has 0 unspecified atom stereocenters. The van der Waals surface area contributed by atoms with Crippen molar-refractivity contribution in [1.82, 2.24) is 10.2 Å². The topological polar surface area (TPSA) is 84.5 Å². The lowest BCUT2D eigenvalue weighted by Crippen LogP contribution is -2.29. The molecule has 1 atom stereocenters. The lowest BCUT2D eigenvalue weighted by molar-refractivity contribution is 0.0526. The number of nitrogens with zero attached hydrogens (tertiary/aromatic N) is 2. The summed E-state index contributed by atoms with van der Waals surface area (Å²) in [6.45, 7) is 1.99. The number of ether oxygens (including phenoxy) is 2. The van der Waals surface area contributed by atoms with Gasteiger partial charge >= 0.3 is 5.97 Å². The highest BCUT2D eigenvalue weighted by molar-refractivity contribution is 6.12. The highest BCUT2D eigenvalue weighted by Gasteiger charge is 2.44. The molecule has 176 valence electrons. The van der Waals surface area contributed by atoms with Crippen LogP contribution in [0.25, 0.3) is 11.3 Å². The zero-order valence-corrected chi connectivity index (χ0v) is 19.1. The number of H-pyrrole nitrogens is 1. The first-order valence-electron chi connectivity index (χ1n) is 11.1. The quantitative estimate of drug-likeness (QED) is 0.393. The number of anilines is 1. The standard InChI is InChI=1S/C27H22FN3O4/c1-3-35-27(33)17-8-12-18(13-9-17)31-25(20-6-4-5-7-21(20)28)22-23(29-30-24(22)26(31)32)16-10-14-19(34-2)15-11-16/h4-15,25H,3H2,1-2H3,(H,29,30)/t25-/m0/s1. The van der Waals surface area contributed by atoms with E-state index in [1.165, 1.54) is 11.0 Å². The molecule has 1 aliphatic heterocycles. The fourth-order valence-corrected chi connectivity index (χ4v) is 4.35. The maximum Gasteiger partial charge on any atom is 0.338 e. The smallest absolute Gasteiger partial charge is 0.338 e. The Bertz CT molecular complexity index is 1400. The molecular weight excluding hydrogens is 449 g/mol. The molecule has 3 aromatic carbocycles. The van der Waals surface area contributed by atoms with Crippen molar-refractivity contribution in [2.45, 2.75) is 13.0 Å². The highest BCUT2D eigenvalue weighted by atomic mass is 19.1. The van der Waals surface area contributed by atoms with Crippen LogP contribution in [-0.4, -0.2) is 35.8 Å². The third kappa shape index (κ3) is 3.82. The van der Waals surface area contributed by atoms with Crippen molar-refractivity contribution in [3.63, 3.8) is 0 Å². The second-order valence-corrected chi connectivity index (χ2v) is 7.96. The summed E-state index contributed by atoms with van der Waals surface area (Å²) in [4.78, 5) is 27.2. The van der Waals surface area contributed by atoms with Crippen molar-refractivity contribution in [3.8, 4) is 17.0 Å². The summed E-state index contributed by atoms with van der Waals surface area (Å²) in [7, 11) is 1.58. The first-order valence-corrected chi connectivity index (χ1v) is 11.1. The van der Waals surface area contributed by atoms with E-state index >= 15 is 4.39 Å². The Morgan fingerprint density at radius 2 is 1.77 bits per heavy atom. The molecule has 4 aromatic rings. The number of rotatable bonds is 6. The molecule has 1 aromatic heterocycles. The van der Waals surface area contributed by atoms with Gasteiger partial charge in [-0.1, -0.05) is 18.2 Å². The Morgan fingerprint density at radius 3 is 2.43 bits per heavy atom. The zero-order valence-electron chi connectivity index (χ0n) is 19.1. The average Bonchev–Trinajstić information content (AvgIpc) is 3.44. The number of methoxy groups -OCH3 is 1. The van der Waals surface area contributed by atoms with Gasteiger partial charge in [0.25, 0.3) is 5.91 Å². The number of aromatic nitrogens is 2. The number of carbonyl (C=O) groups is 2. The SMILES string of the molecule is CCOC(=O)c1ccc(N2C(=O)c3[nH]nc(-c4ccc(OC)cc4)c3[C@@H]2c2ccccc2F)cc1. The maximum atomic E-state index is 15.1. The van der Waals surface area contributed by atoms with Crippen molar-refractivity contribution in [3.05, 3.63) is 101 Å². The van der Waals surface area contributed by atoms with E-state index in [2.05, 4.69) is 10.2 Å². The van der Waals surface area contributed by atoms with E-state index in [1.807, 2.05) is 12.1 Å². The fourth-order valence-electron chi connectivity index (χ4n) is 4.35. The van der Waals surface area contributed by atoms with Gasteiger partial charge in [-0.25, -0.2) is 9.18 Å². The average molecular weight is 471 g/mol. The number of carbonyl (C=O) groups excluding carboxylic acids is 2. The third-order valence-corrected chi connectivity index (χ3v) is 5.99. The van der Waals surface area contributed by atoms with Gasteiger partial charge in [0.15, 0.2) is 0 Å². The molecule has 0 spiro atoms. The minimum absolute atomic E-state index is 0.260. The predicted octanol–water partition coefficient (Wildman–Crippen LogP) is 5.15. The Kier molecular flexibility index (Phi) is 5.78. The molecule has 0 saturated heterocycles. The van der Waals surface area contributed by atoms with E-state index < -0.39 is 17.8 Å². The summed E-state index contributed by atoms with van der Waals surface area (Å²) < 4.78 is 25.4. The number of aromatic amines is 1. The largest absolute Gasteiger partial charge is 0.497 e. The summed E-state index contributed by atoms with van der Waals surface area (Å²) in [5.41, 5.74) is 3.40. The van der Waals surface area contributed by atoms with Crippen LogP contribution < -0.4 is 9.64 Å². The number of benzene rings is 3. The molecule has 1 amide bonds. The molecule has 0 radical (unpaired) electrons. The molecule has 1 N–H and O–H groups in total. The molecule has 35 heavy (non-hydrogen) atoms. The van der Waals surface area contributed by atoms with Gasteiger partial charge in [0.1, 0.15) is 17.3 Å². The first kappa shape index (κ1) is 22.3. The van der Waals surface area contributed by atoms with E-state index in [0.29, 0.717) is 39.5 Å². The summed E-state index contributed by atoms with van der Waals surface area (Å²) >= 11 is 0. The fraction of sp³-hybridized carbons (Fsp3) is 0.148. The van der Waals surface area contributed by atoms with Gasteiger partial charge in [-0.2, -0.15) is 5.10 Å². The molecule has 7 nitrogen and oxygen atoms in total. The lowest BCUT2D eigenvalue weighted by atomic mass is 9.95. The van der Waals surface area contributed by atoms with Crippen molar-refractivity contribution in [2.24, 2.45) is 0 Å². The van der Waals surface area contributed by atoms with Gasteiger partial charge in [-0.05, 0) is 61.5 Å². The molecule has 1 aliphatic rings. The van der Waals surface area contributed by atoms with E-state index in [0.717, 1.165) is 5.56 Å². The highest BCUT2D eigenvalue weighted by Crippen LogP contribution is 2.45. The van der Waals surface area contributed by atoms with Crippen LogP contribution in [0.5, 0.6) is 5.75 Å². The zero-order chi connectivity index (χ0) is 24.5. The summed E-state index contributed by atoms with van der Waals surface area (Å²) in [6.07, 6.45) is 0. The van der Waals surface area contributed by atoms with E-state index in [9.17, 15) is 9.59 Å². The number of amides is 1. The van der Waals surface area contributed by atoms with Crippen molar-refractivity contribution >= 4 is 17.6 Å². The van der Waals surface area contributed by atoms with E-state index in [4.69, 9.17) is 9.47 Å². The van der Waals surface area contributed by atoms with Crippen LogP contribution in [0.2, 0.25) is 0 Å². The Hall–Kier alpha value is -4.46. The van der Waals surface area contributed by atoms with E-state index in [1.54, 1.807) is 68.6 Å². The molecule has 0 saturated carbocycles. The Balaban J connectivity index is 1.64. The van der Waals surface area contributed by atoms with Crippen molar-refractivity contribution in [1.29, 1.82) is 0 Å². The maximum absolute atomic E-state index is 15.1. The summed E-state index contributed by atoms with van der Waals surface area (Å²) in [5.74, 6) is -0.544. The molecular formula is C27H22FN3O4. The number of hydrogen-bond donors (Lipinski definition) is 1. The number of fused-ring (bicyclic) bond motifs is 1. The number of nitrogens with one attached hydrogen (secondary N) is 1. The Morgan fingerprint density at radius 1 is 1.06 bits per heavy atom. The molecule has 0 aliphatic carbocycles. The second kappa shape index (κ2) is 9.06. The predicted molar refractivity (Wildman–Crippen MR) is 128 cm³/mol. The van der Waals surface area contributed by atoms with Crippen LogP contribution in [0, 0.1) is 5.82 Å². The molecule has 0 fully saturated rings. The molecule has 0 bridgehead atoms. The van der Waals surface area contributed by atoms with Gasteiger partial charge < -0.3 is 9.47 Å². The van der Waals surface area contributed by atoms with Gasteiger partial charge in [-0.3, -0.25) is 14.8 Å². The van der Waals surface area contributed by atoms with Crippen LogP contribution >= 0.6 is 0 Å². The minimum atomic E-state index is -0.761. The summed E-state index contributed by atoms with van der Waals surface area (Å²) in [5, 5.41) is 7.27. The van der Waals surface area contributed by atoms with Gasteiger partial charge in [0.2, 0.25) is 0 Å². The van der Waals surface area contributed by atoms with Gasteiger partial charge in [0.05, 0.1) is 31.0 Å². The monoisotopic (exact) mass is 471 g/mol. The van der Waals surface area contributed by atoms with Crippen LogP contribution in [0.4, 0.5) is 10.1 Å². The van der Waals surface area contributed by atoms with Crippen molar-refractivity contribution in [2.75, 3.05) is 18.6 Å².